The molecule has 1 N–H and O–H groups in total. The van der Waals surface area contributed by atoms with Gasteiger partial charge in [-0.1, -0.05) is 13.8 Å². The van der Waals surface area contributed by atoms with E-state index in [2.05, 4.69) is 24.1 Å². The molecule has 1 aliphatic heterocycles. The summed E-state index contributed by atoms with van der Waals surface area (Å²) in [7, 11) is 1.45. The minimum atomic E-state index is -0.427. The zero-order valence-corrected chi connectivity index (χ0v) is 13.5. The lowest BCUT2D eigenvalue weighted by Gasteiger charge is -2.26. The van der Waals surface area contributed by atoms with E-state index in [1.807, 2.05) is 0 Å². The zero-order chi connectivity index (χ0) is 16.1. The molecule has 1 aliphatic rings. The van der Waals surface area contributed by atoms with Gasteiger partial charge in [0.05, 0.1) is 12.0 Å². The van der Waals surface area contributed by atoms with Gasteiger partial charge in [-0.15, -0.1) is 0 Å². The van der Waals surface area contributed by atoms with Gasteiger partial charge in [0.1, 0.15) is 0 Å². The highest BCUT2D eigenvalue weighted by Crippen LogP contribution is 2.30. The lowest BCUT2D eigenvalue weighted by molar-refractivity contribution is -0.385. The molecule has 1 saturated heterocycles. The maximum Gasteiger partial charge on any atom is 0.311 e. The summed E-state index contributed by atoms with van der Waals surface area (Å²) in [5.74, 6) is 0.959. The number of nitrogens with one attached hydrogen (secondary N) is 1. The molecule has 1 atom stereocenters. The Bertz CT molecular complexity index is 519. The van der Waals surface area contributed by atoms with E-state index in [4.69, 9.17) is 4.74 Å². The van der Waals surface area contributed by atoms with Crippen LogP contribution in [0.4, 0.5) is 11.4 Å². The summed E-state index contributed by atoms with van der Waals surface area (Å²) in [6.07, 6.45) is 2.44. The van der Waals surface area contributed by atoms with E-state index >= 15 is 0 Å². The Labute approximate surface area is 131 Å². The molecular weight excluding hydrogens is 282 g/mol. The summed E-state index contributed by atoms with van der Waals surface area (Å²) in [6.45, 7) is 7.62. The van der Waals surface area contributed by atoms with Gasteiger partial charge in [0.25, 0.3) is 0 Å². The van der Waals surface area contributed by atoms with Crippen molar-refractivity contribution >= 4 is 11.4 Å². The molecule has 0 aliphatic carbocycles. The number of nitro benzene ring substituents is 1. The minimum Gasteiger partial charge on any atom is -0.490 e. The van der Waals surface area contributed by atoms with Crippen molar-refractivity contribution in [1.29, 1.82) is 0 Å². The highest BCUT2D eigenvalue weighted by Gasteiger charge is 2.24. The van der Waals surface area contributed by atoms with Crippen LogP contribution in [0.1, 0.15) is 26.7 Å². The average molecular weight is 307 g/mol. The van der Waals surface area contributed by atoms with Crippen LogP contribution in [0, 0.1) is 16.0 Å². The summed E-state index contributed by atoms with van der Waals surface area (Å²) in [5, 5.41) is 14.3. The van der Waals surface area contributed by atoms with Gasteiger partial charge >= 0.3 is 5.69 Å². The van der Waals surface area contributed by atoms with Gasteiger partial charge in [-0.2, -0.15) is 0 Å². The smallest absolute Gasteiger partial charge is 0.311 e. The third-order valence-corrected chi connectivity index (χ3v) is 4.02. The highest BCUT2D eigenvalue weighted by atomic mass is 16.6. The third-order valence-electron chi connectivity index (χ3n) is 4.02. The number of nitrogens with zero attached hydrogens (tertiary/aromatic N) is 2. The second-order valence-electron chi connectivity index (χ2n) is 6.21. The van der Waals surface area contributed by atoms with Crippen molar-refractivity contribution in [3.05, 3.63) is 28.3 Å². The van der Waals surface area contributed by atoms with Gasteiger partial charge in [0.15, 0.2) is 5.75 Å². The molecular formula is C16H25N3O3. The van der Waals surface area contributed by atoms with E-state index in [-0.39, 0.29) is 5.69 Å². The van der Waals surface area contributed by atoms with Crippen molar-refractivity contribution in [1.82, 2.24) is 4.90 Å². The first-order valence-corrected chi connectivity index (χ1v) is 7.81. The van der Waals surface area contributed by atoms with Crippen LogP contribution in [0.3, 0.4) is 0 Å². The Kier molecular flexibility index (Phi) is 5.60. The summed E-state index contributed by atoms with van der Waals surface area (Å²) < 4.78 is 5.10. The number of likely N-dealkylation sites (tertiary alicyclic amines) is 1. The molecule has 122 valence electrons. The standard InChI is InChI=1S/C16H25N3O3/c1-12(2)11-18-8-4-5-14(18)10-17-13-6-7-15(19(20)21)16(9-13)22-3/h6-7,9,12,14,17H,4-5,8,10-11H2,1-3H3/t14-/m1/s1. The number of rotatable bonds is 7. The summed E-state index contributed by atoms with van der Waals surface area (Å²) in [5.41, 5.74) is 0.856. The molecule has 0 unspecified atom stereocenters. The fourth-order valence-electron chi connectivity index (χ4n) is 3.01. The maximum atomic E-state index is 10.9. The van der Waals surface area contributed by atoms with Gasteiger partial charge in [-0.05, 0) is 31.4 Å². The molecule has 0 aromatic heterocycles. The van der Waals surface area contributed by atoms with Crippen LogP contribution in [0.5, 0.6) is 5.75 Å². The molecule has 22 heavy (non-hydrogen) atoms. The van der Waals surface area contributed by atoms with E-state index < -0.39 is 4.92 Å². The van der Waals surface area contributed by atoms with Crippen LogP contribution >= 0.6 is 0 Å². The Morgan fingerprint density at radius 2 is 2.27 bits per heavy atom. The quantitative estimate of drug-likeness (QED) is 0.619. The van der Waals surface area contributed by atoms with Crippen LogP contribution < -0.4 is 10.1 Å². The Hall–Kier alpha value is -1.82. The normalized spacial score (nSPS) is 18.6. The number of hydrogen-bond acceptors (Lipinski definition) is 5. The molecule has 1 fully saturated rings. The fraction of sp³-hybridized carbons (Fsp3) is 0.625. The van der Waals surface area contributed by atoms with Crippen molar-refractivity contribution < 1.29 is 9.66 Å². The lowest BCUT2D eigenvalue weighted by atomic mass is 10.1. The number of anilines is 1. The van der Waals surface area contributed by atoms with Crippen LogP contribution in [0.2, 0.25) is 0 Å². The van der Waals surface area contributed by atoms with Gasteiger partial charge in [-0.3, -0.25) is 15.0 Å². The van der Waals surface area contributed by atoms with E-state index in [0.717, 1.165) is 25.3 Å². The SMILES string of the molecule is COc1cc(NC[C@H]2CCCN2CC(C)C)ccc1[N+](=O)[O-]. The largest absolute Gasteiger partial charge is 0.490 e. The van der Waals surface area contributed by atoms with Gasteiger partial charge in [0, 0.05) is 37.0 Å². The first-order chi connectivity index (χ1) is 10.5. The molecule has 0 amide bonds. The summed E-state index contributed by atoms with van der Waals surface area (Å²) >= 11 is 0. The van der Waals surface area contributed by atoms with Crippen molar-refractivity contribution in [2.24, 2.45) is 5.92 Å². The molecule has 0 saturated carbocycles. The van der Waals surface area contributed by atoms with Crippen LogP contribution in [-0.4, -0.2) is 42.6 Å². The number of nitro groups is 1. The third kappa shape index (κ3) is 4.10. The van der Waals surface area contributed by atoms with E-state index in [1.165, 1.54) is 26.0 Å². The molecule has 2 rings (SSSR count). The monoisotopic (exact) mass is 307 g/mol. The first-order valence-electron chi connectivity index (χ1n) is 7.81. The molecule has 6 nitrogen and oxygen atoms in total. The minimum absolute atomic E-state index is 0.00430. The average Bonchev–Trinajstić information content (AvgIpc) is 2.91. The number of benzene rings is 1. The molecule has 6 heteroatoms. The molecule has 1 aromatic rings. The second kappa shape index (κ2) is 7.45. The Morgan fingerprint density at radius 1 is 1.50 bits per heavy atom. The van der Waals surface area contributed by atoms with E-state index in [0.29, 0.717) is 17.7 Å². The van der Waals surface area contributed by atoms with Gasteiger partial charge in [-0.25, -0.2) is 0 Å². The van der Waals surface area contributed by atoms with Crippen molar-refractivity contribution in [2.45, 2.75) is 32.7 Å². The number of methoxy groups -OCH3 is 1. The predicted molar refractivity (Wildman–Crippen MR) is 87.6 cm³/mol. The summed E-state index contributed by atoms with van der Waals surface area (Å²) in [4.78, 5) is 13.0. The molecule has 1 aromatic carbocycles. The molecule has 0 bridgehead atoms. The van der Waals surface area contributed by atoms with Gasteiger partial charge < -0.3 is 10.1 Å². The maximum absolute atomic E-state index is 10.9. The van der Waals surface area contributed by atoms with E-state index in [1.54, 1.807) is 12.1 Å². The zero-order valence-electron chi connectivity index (χ0n) is 13.5. The topological polar surface area (TPSA) is 67.6 Å². The van der Waals surface area contributed by atoms with Crippen molar-refractivity contribution in [2.75, 3.05) is 32.1 Å². The molecule has 0 radical (unpaired) electrons. The first kappa shape index (κ1) is 16.5. The van der Waals surface area contributed by atoms with Crippen LogP contribution in [-0.2, 0) is 0 Å². The summed E-state index contributed by atoms with van der Waals surface area (Å²) in [6, 6.07) is 5.45. The van der Waals surface area contributed by atoms with Crippen molar-refractivity contribution in [3.8, 4) is 5.75 Å². The molecule has 0 spiro atoms. The predicted octanol–water partition coefficient (Wildman–Crippen LogP) is 3.14. The van der Waals surface area contributed by atoms with E-state index in [9.17, 15) is 10.1 Å². The van der Waals surface area contributed by atoms with Crippen LogP contribution in [0.15, 0.2) is 18.2 Å². The molecule has 1 heterocycles. The second-order valence-corrected chi connectivity index (χ2v) is 6.21. The highest BCUT2D eigenvalue weighted by molar-refractivity contribution is 5.58. The fourth-order valence-corrected chi connectivity index (χ4v) is 3.01. The lowest BCUT2D eigenvalue weighted by Crippen LogP contribution is -2.37. The van der Waals surface area contributed by atoms with Gasteiger partial charge in [0.2, 0.25) is 0 Å². The number of hydrogen-bond donors (Lipinski definition) is 1. The Balaban J connectivity index is 1.98. The number of ether oxygens (including phenoxy) is 1. The van der Waals surface area contributed by atoms with Crippen molar-refractivity contribution in [3.63, 3.8) is 0 Å². The Morgan fingerprint density at radius 3 is 2.91 bits per heavy atom. The van der Waals surface area contributed by atoms with Crippen LogP contribution in [0.25, 0.3) is 0 Å².